The molecule has 17 heavy (non-hydrogen) atoms. The molecule has 5 heteroatoms. The number of likely N-dealkylation sites (N-methyl/N-ethyl adjacent to an activating group) is 1. The van der Waals surface area contributed by atoms with Crippen molar-refractivity contribution in [1.29, 1.82) is 0 Å². The molecule has 4 nitrogen and oxygen atoms in total. The average molecular weight is 303 g/mol. The van der Waals surface area contributed by atoms with E-state index < -0.39 is 6.04 Å². The van der Waals surface area contributed by atoms with E-state index in [9.17, 15) is 4.79 Å². The van der Waals surface area contributed by atoms with Gasteiger partial charge in [0.05, 0.1) is 12.6 Å². The van der Waals surface area contributed by atoms with Crippen LogP contribution in [0, 0.1) is 0 Å². The summed E-state index contributed by atoms with van der Waals surface area (Å²) in [6, 6.07) is 3.24. The van der Waals surface area contributed by atoms with Crippen LogP contribution in [-0.2, 0) is 11.3 Å². The van der Waals surface area contributed by atoms with Crippen LogP contribution in [0.25, 0.3) is 0 Å². The zero-order valence-corrected chi connectivity index (χ0v) is 11.9. The zero-order valence-electron chi connectivity index (χ0n) is 10.3. The lowest BCUT2D eigenvalue weighted by molar-refractivity contribution is -0.132. The van der Waals surface area contributed by atoms with Crippen molar-refractivity contribution in [3.8, 4) is 0 Å². The topological polar surface area (TPSA) is 59.5 Å². The van der Waals surface area contributed by atoms with Gasteiger partial charge in [-0.25, -0.2) is 0 Å². The highest BCUT2D eigenvalue weighted by molar-refractivity contribution is 9.10. The fourth-order valence-electron chi connectivity index (χ4n) is 1.58. The van der Waals surface area contributed by atoms with Crippen molar-refractivity contribution in [3.63, 3.8) is 0 Å². The fourth-order valence-corrected chi connectivity index (χ4v) is 1.92. The van der Waals surface area contributed by atoms with Crippen molar-refractivity contribution in [2.75, 3.05) is 7.05 Å². The number of amides is 1. The molecule has 0 spiro atoms. The maximum absolute atomic E-state index is 11.9. The van der Waals surface area contributed by atoms with E-state index in [4.69, 9.17) is 10.2 Å². The molecule has 1 atom stereocenters. The fraction of sp³-hybridized carbons (Fsp3) is 0.583. The van der Waals surface area contributed by atoms with Gasteiger partial charge in [0.2, 0.25) is 5.91 Å². The predicted octanol–water partition coefficient (Wildman–Crippen LogP) is 2.52. The molecule has 0 aromatic carbocycles. The third-order valence-corrected chi connectivity index (χ3v) is 3.01. The molecule has 0 saturated carbocycles. The summed E-state index contributed by atoms with van der Waals surface area (Å²) in [5.74, 6) is 0.710. The van der Waals surface area contributed by atoms with Gasteiger partial charge in [-0.2, -0.15) is 0 Å². The van der Waals surface area contributed by atoms with Crippen molar-refractivity contribution < 1.29 is 9.21 Å². The van der Waals surface area contributed by atoms with Crippen LogP contribution in [0.4, 0.5) is 0 Å². The van der Waals surface area contributed by atoms with Gasteiger partial charge in [-0.15, -0.1) is 0 Å². The summed E-state index contributed by atoms with van der Waals surface area (Å²) in [6.07, 6.45) is 2.77. The molecule has 1 rings (SSSR count). The van der Waals surface area contributed by atoms with Crippen LogP contribution in [0.15, 0.2) is 21.2 Å². The van der Waals surface area contributed by atoms with Gasteiger partial charge in [0, 0.05) is 7.05 Å². The molecule has 96 valence electrons. The number of furan rings is 1. The summed E-state index contributed by atoms with van der Waals surface area (Å²) >= 11 is 3.23. The summed E-state index contributed by atoms with van der Waals surface area (Å²) in [5.41, 5.74) is 5.83. The van der Waals surface area contributed by atoms with Gasteiger partial charge >= 0.3 is 0 Å². The Morgan fingerprint density at radius 2 is 2.29 bits per heavy atom. The van der Waals surface area contributed by atoms with E-state index in [1.165, 1.54) is 0 Å². The number of nitrogens with two attached hydrogens (primary N) is 1. The highest BCUT2D eigenvalue weighted by Gasteiger charge is 2.18. The quantitative estimate of drug-likeness (QED) is 0.878. The minimum atomic E-state index is -0.404. The Kier molecular flexibility index (Phi) is 5.71. The molecule has 1 aromatic heterocycles. The van der Waals surface area contributed by atoms with Gasteiger partial charge in [-0.05, 0) is 34.5 Å². The average Bonchev–Trinajstić information content (AvgIpc) is 2.70. The Bertz CT molecular complexity index is 365. The van der Waals surface area contributed by atoms with Gasteiger partial charge in [0.15, 0.2) is 4.67 Å². The summed E-state index contributed by atoms with van der Waals surface area (Å²) in [5, 5.41) is 0. The first kappa shape index (κ1) is 14.3. The lowest BCUT2D eigenvalue weighted by Crippen LogP contribution is -2.41. The number of hydrogen-bond donors (Lipinski definition) is 1. The van der Waals surface area contributed by atoms with Gasteiger partial charge in [0.25, 0.3) is 0 Å². The van der Waals surface area contributed by atoms with Crippen LogP contribution in [0.5, 0.6) is 0 Å². The Morgan fingerprint density at radius 3 is 2.82 bits per heavy atom. The number of unbranched alkanes of at least 4 members (excludes halogenated alkanes) is 1. The van der Waals surface area contributed by atoms with E-state index in [0.717, 1.165) is 25.0 Å². The van der Waals surface area contributed by atoms with Crippen LogP contribution in [-0.4, -0.2) is 23.9 Å². The molecule has 0 aliphatic rings. The first-order valence-electron chi connectivity index (χ1n) is 5.79. The highest BCUT2D eigenvalue weighted by atomic mass is 79.9. The third-order valence-electron chi connectivity index (χ3n) is 2.58. The second-order valence-electron chi connectivity index (χ2n) is 4.15. The van der Waals surface area contributed by atoms with Gasteiger partial charge < -0.3 is 15.1 Å². The van der Waals surface area contributed by atoms with Crippen LogP contribution < -0.4 is 5.73 Å². The lowest BCUT2D eigenvalue weighted by Gasteiger charge is -2.20. The minimum Gasteiger partial charge on any atom is -0.452 e. The molecule has 1 aromatic rings. The van der Waals surface area contributed by atoms with E-state index in [0.29, 0.717) is 11.2 Å². The Labute approximate surface area is 110 Å². The monoisotopic (exact) mass is 302 g/mol. The molecule has 0 aliphatic heterocycles. The number of rotatable bonds is 6. The predicted molar refractivity (Wildman–Crippen MR) is 70.4 cm³/mol. The number of nitrogens with zero attached hydrogens (tertiary/aromatic N) is 1. The van der Waals surface area contributed by atoms with Crippen LogP contribution in [0.1, 0.15) is 31.9 Å². The van der Waals surface area contributed by atoms with E-state index in [1.807, 2.05) is 12.1 Å². The number of carbonyl (C=O) groups excluding carboxylic acids is 1. The van der Waals surface area contributed by atoms with E-state index in [1.54, 1.807) is 11.9 Å². The molecule has 0 bridgehead atoms. The van der Waals surface area contributed by atoms with Gasteiger partial charge in [-0.1, -0.05) is 19.8 Å². The Hall–Kier alpha value is -0.810. The molecule has 0 aliphatic carbocycles. The normalized spacial score (nSPS) is 12.5. The zero-order chi connectivity index (χ0) is 12.8. The smallest absolute Gasteiger partial charge is 0.239 e. The van der Waals surface area contributed by atoms with Gasteiger partial charge in [-0.3, -0.25) is 4.79 Å². The molecular weight excluding hydrogens is 284 g/mol. The molecular formula is C12H19BrN2O2. The largest absolute Gasteiger partial charge is 0.452 e. The summed E-state index contributed by atoms with van der Waals surface area (Å²) in [7, 11) is 1.74. The first-order valence-corrected chi connectivity index (χ1v) is 6.58. The van der Waals surface area contributed by atoms with Crippen LogP contribution in [0.2, 0.25) is 0 Å². The van der Waals surface area contributed by atoms with Crippen molar-refractivity contribution in [2.24, 2.45) is 5.73 Å². The van der Waals surface area contributed by atoms with E-state index in [2.05, 4.69) is 22.9 Å². The van der Waals surface area contributed by atoms with Crippen molar-refractivity contribution in [1.82, 2.24) is 4.90 Å². The number of carbonyl (C=O) groups is 1. The van der Waals surface area contributed by atoms with E-state index in [-0.39, 0.29) is 5.91 Å². The molecule has 0 radical (unpaired) electrons. The maximum Gasteiger partial charge on any atom is 0.239 e. The summed E-state index contributed by atoms with van der Waals surface area (Å²) < 4.78 is 6.02. The third kappa shape index (κ3) is 4.52. The Balaban J connectivity index is 2.46. The Morgan fingerprint density at radius 1 is 1.59 bits per heavy atom. The second kappa shape index (κ2) is 6.81. The van der Waals surface area contributed by atoms with Crippen LogP contribution >= 0.6 is 15.9 Å². The standard InChI is InChI=1S/C12H19BrN2O2/c1-3-4-5-10(14)12(16)15(2)8-9-6-7-11(13)17-9/h6-7,10H,3-5,8,14H2,1-2H3/t10-/m0/s1. The maximum atomic E-state index is 11.9. The molecule has 1 amide bonds. The van der Waals surface area contributed by atoms with Crippen molar-refractivity contribution >= 4 is 21.8 Å². The molecule has 0 saturated heterocycles. The summed E-state index contributed by atoms with van der Waals surface area (Å²) in [4.78, 5) is 13.5. The highest BCUT2D eigenvalue weighted by Crippen LogP contribution is 2.15. The number of hydrogen-bond acceptors (Lipinski definition) is 3. The summed E-state index contributed by atoms with van der Waals surface area (Å²) in [6.45, 7) is 2.53. The van der Waals surface area contributed by atoms with Gasteiger partial charge in [0.1, 0.15) is 5.76 Å². The first-order chi connectivity index (χ1) is 8.04. The second-order valence-corrected chi connectivity index (χ2v) is 4.93. The molecule has 0 fully saturated rings. The lowest BCUT2D eigenvalue weighted by atomic mass is 10.1. The minimum absolute atomic E-state index is 0.0361. The SMILES string of the molecule is CCCC[C@H](N)C(=O)N(C)Cc1ccc(Br)o1. The van der Waals surface area contributed by atoms with Crippen molar-refractivity contribution in [2.45, 2.75) is 38.8 Å². The molecule has 0 unspecified atom stereocenters. The van der Waals surface area contributed by atoms with E-state index >= 15 is 0 Å². The van der Waals surface area contributed by atoms with Crippen LogP contribution in [0.3, 0.4) is 0 Å². The number of halogens is 1. The molecule has 1 heterocycles. The van der Waals surface area contributed by atoms with Crippen molar-refractivity contribution in [3.05, 3.63) is 22.6 Å². The molecule has 2 N–H and O–H groups in total.